The normalized spacial score (nSPS) is 46.9. The van der Waals surface area contributed by atoms with E-state index in [-0.39, 0.29) is 29.0 Å². The maximum atomic E-state index is 12.9. The molecule has 202 valence electrons. The number of hydrogen-bond acceptors (Lipinski definition) is 5. The van der Waals surface area contributed by atoms with Gasteiger partial charge >= 0.3 is 5.97 Å². The minimum absolute atomic E-state index is 0.000746. The quantitative estimate of drug-likeness (QED) is 0.354. The molecule has 0 saturated heterocycles. The van der Waals surface area contributed by atoms with E-state index >= 15 is 0 Å². The first-order valence-corrected chi connectivity index (χ1v) is 14.3. The Morgan fingerprint density at radius 3 is 2.36 bits per heavy atom. The molecule has 3 saturated carbocycles. The maximum Gasteiger partial charge on any atom is 0.308 e. The zero-order valence-electron chi connectivity index (χ0n) is 23.6. The van der Waals surface area contributed by atoms with Crippen molar-refractivity contribution in [1.82, 2.24) is 0 Å². The highest BCUT2D eigenvalue weighted by molar-refractivity contribution is 5.97. The third-order valence-corrected chi connectivity index (χ3v) is 12.0. The second-order valence-corrected chi connectivity index (χ2v) is 13.8. The SMILES string of the molecule is CC[C@@]1(C)CCC[C@]2(C)[C@H]3C[C@@H](OC(=O)C[C@@H](C)O)[C@]4(C)[C@@H](C=O)C(C(C)=O)=CC[C@H]4[C@]3(C)CC[C@@H]12. The summed E-state index contributed by atoms with van der Waals surface area (Å²) in [5.41, 5.74) is 0.390. The van der Waals surface area contributed by atoms with Crippen LogP contribution in [-0.4, -0.2) is 35.4 Å². The number of aldehydes is 1. The van der Waals surface area contributed by atoms with Crippen LogP contribution in [0.25, 0.3) is 0 Å². The van der Waals surface area contributed by atoms with Crippen LogP contribution >= 0.6 is 0 Å². The number of ether oxygens (including phenoxy) is 1. The zero-order valence-corrected chi connectivity index (χ0v) is 23.6. The van der Waals surface area contributed by atoms with Gasteiger partial charge in [0.2, 0.25) is 0 Å². The van der Waals surface area contributed by atoms with Crippen molar-refractivity contribution < 1.29 is 24.2 Å². The predicted molar refractivity (Wildman–Crippen MR) is 140 cm³/mol. The van der Waals surface area contributed by atoms with Gasteiger partial charge in [-0.2, -0.15) is 0 Å². The lowest BCUT2D eigenvalue weighted by Crippen LogP contribution is -2.67. The van der Waals surface area contributed by atoms with Gasteiger partial charge in [-0.25, -0.2) is 0 Å². The van der Waals surface area contributed by atoms with E-state index in [0.29, 0.717) is 22.8 Å². The zero-order chi connectivity index (χ0) is 26.7. The Bertz CT molecular complexity index is 937. The van der Waals surface area contributed by atoms with Gasteiger partial charge in [0, 0.05) is 11.0 Å². The summed E-state index contributed by atoms with van der Waals surface area (Å²) in [5, 5.41) is 9.86. The number of fused-ring (bicyclic) bond motifs is 5. The summed E-state index contributed by atoms with van der Waals surface area (Å²) in [4.78, 5) is 38.2. The van der Waals surface area contributed by atoms with Crippen molar-refractivity contribution in [1.29, 1.82) is 0 Å². The molecule has 0 spiro atoms. The fourth-order valence-electron chi connectivity index (χ4n) is 10.1. The smallest absolute Gasteiger partial charge is 0.308 e. The van der Waals surface area contributed by atoms with Crippen molar-refractivity contribution in [2.24, 2.45) is 45.3 Å². The Balaban J connectivity index is 1.83. The lowest BCUT2D eigenvalue weighted by Gasteiger charge is -2.70. The first-order valence-electron chi connectivity index (χ1n) is 14.3. The van der Waals surface area contributed by atoms with E-state index in [1.165, 1.54) is 39.0 Å². The standard InChI is InChI=1S/C31H48O5/c1-8-28(4)13-9-14-29(5)23(28)12-15-30(6)24-11-10-21(20(3)34)22(18-32)31(24,7)26(17-25(29)30)36-27(35)16-19(2)33/h10,18-19,22-26,33H,8-9,11-17H2,1-7H3/t19-,22+,23+,24+,25-,26-,28+,29+,30+,31-/m1/s1. The Morgan fingerprint density at radius 2 is 1.78 bits per heavy atom. The van der Waals surface area contributed by atoms with Crippen molar-refractivity contribution in [2.45, 2.75) is 118 Å². The summed E-state index contributed by atoms with van der Waals surface area (Å²) >= 11 is 0. The fourth-order valence-corrected chi connectivity index (χ4v) is 10.1. The van der Waals surface area contributed by atoms with Crippen LogP contribution in [0.5, 0.6) is 0 Å². The van der Waals surface area contributed by atoms with Crippen molar-refractivity contribution in [3.8, 4) is 0 Å². The van der Waals surface area contributed by atoms with Crippen molar-refractivity contribution in [2.75, 3.05) is 0 Å². The maximum absolute atomic E-state index is 12.9. The molecule has 4 aliphatic rings. The van der Waals surface area contributed by atoms with Crippen LogP contribution in [0.15, 0.2) is 11.6 Å². The van der Waals surface area contributed by atoms with E-state index in [1.54, 1.807) is 6.92 Å². The van der Waals surface area contributed by atoms with Gasteiger partial charge < -0.3 is 14.6 Å². The number of esters is 1. The third-order valence-electron chi connectivity index (χ3n) is 12.0. The molecular weight excluding hydrogens is 452 g/mol. The van der Waals surface area contributed by atoms with Crippen molar-refractivity contribution in [3.63, 3.8) is 0 Å². The molecule has 5 nitrogen and oxygen atoms in total. The number of allylic oxidation sites excluding steroid dienone is 2. The highest BCUT2D eigenvalue weighted by Gasteiger charge is 2.69. The number of rotatable bonds is 6. The number of aliphatic hydroxyl groups excluding tert-OH is 1. The molecule has 0 aliphatic heterocycles. The van der Waals surface area contributed by atoms with Crippen LogP contribution < -0.4 is 0 Å². The molecule has 0 bridgehead atoms. The average molecular weight is 501 g/mol. The molecule has 1 N–H and O–H groups in total. The number of carbonyl (C=O) groups excluding carboxylic acids is 3. The average Bonchev–Trinajstić information content (AvgIpc) is 2.78. The number of aliphatic hydroxyl groups is 1. The number of Topliss-reactive ketones (excluding diaryl/α,β-unsaturated/α-hetero) is 1. The van der Waals surface area contributed by atoms with E-state index in [9.17, 15) is 19.5 Å². The minimum Gasteiger partial charge on any atom is -0.462 e. The van der Waals surface area contributed by atoms with Crippen LogP contribution in [0, 0.1) is 45.3 Å². The molecule has 5 heteroatoms. The number of ketones is 1. The van der Waals surface area contributed by atoms with Crippen LogP contribution in [0.3, 0.4) is 0 Å². The Morgan fingerprint density at radius 1 is 1.11 bits per heavy atom. The Kier molecular flexibility index (Phi) is 7.16. The van der Waals surface area contributed by atoms with E-state index in [1.807, 2.05) is 6.08 Å². The number of carbonyl (C=O) groups is 3. The largest absolute Gasteiger partial charge is 0.462 e. The summed E-state index contributed by atoms with van der Waals surface area (Å²) in [5.74, 6) is 0.0647. The minimum atomic E-state index is -0.781. The van der Waals surface area contributed by atoms with Gasteiger partial charge in [0.1, 0.15) is 12.4 Å². The topological polar surface area (TPSA) is 80.7 Å². The van der Waals surface area contributed by atoms with Crippen LogP contribution in [0.2, 0.25) is 0 Å². The molecule has 0 unspecified atom stereocenters. The summed E-state index contributed by atoms with van der Waals surface area (Å²) in [6.45, 7) is 15.0. The molecule has 10 atom stereocenters. The first-order chi connectivity index (χ1) is 16.8. The first kappa shape index (κ1) is 27.5. The summed E-state index contributed by atoms with van der Waals surface area (Å²) in [6, 6.07) is 0. The van der Waals surface area contributed by atoms with Gasteiger partial charge in [-0.1, -0.05) is 53.5 Å². The highest BCUT2D eigenvalue weighted by atomic mass is 16.5. The molecule has 0 radical (unpaired) electrons. The predicted octanol–water partition coefficient (Wildman–Crippen LogP) is 6.07. The number of hydrogen-bond donors (Lipinski definition) is 1. The monoisotopic (exact) mass is 500 g/mol. The second-order valence-electron chi connectivity index (χ2n) is 13.8. The van der Waals surface area contributed by atoms with E-state index in [2.05, 4.69) is 34.6 Å². The highest BCUT2D eigenvalue weighted by Crippen LogP contribution is 2.73. The van der Waals surface area contributed by atoms with Crippen molar-refractivity contribution >= 4 is 18.0 Å². The summed E-state index contributed by atoms with van der Waals surface area (Å²) in [6.07, 6.45) is 10.3. The van der Waals surface area contributed by atoms with Crippen molar-refractivity contribution in [3.05, 3.63) is 11.6 Å². The molecule has 4 aliphatic carbocycles. The Hall–Kier alpha value is -1.49. The summed E-state index contributed by atoms with van der Waals surface area (Å²) in [7, 11) is 0. The van der Waals surface area contributed by atoms with Crippen LogP contribution in [0.1, 0.15) is 106 Å². The van der Waals surface area contributed by atoms with E-state index in [0.717, 1.165) is 25.5 Å². The van der Waals surface area contributed by atoms with Crippen LogP contribution in [0.4, 0.5) is 0 Å². The van der Waals surface area contributed by atoms with Gasteiger partial charge in [-0.05, 0) is 86.4 Å². The third kappa shape index (κ3) is 3.94. The van der Waals surface area contributed by atoms with Gasteiger partial charge in [-0.3, -0.25) is 9.59 Å². The van der Waals surface area contributed by atoms with Gasteiger partial charge in [0.25, 0.3) is 0 Å². The molecule has 0 aromatic heterocycles. The molecule has 0 heterocycles. The Labute approximate surface area is 217 Å². The second kappa shape index (κ2) is 9.36. The molecule has 0 aromatic rings. The molecule has 0 amide bonds. The van der Waals surface area contributed by atoms with Crippen LogP contribution in [-0.2, 0) is 19.1 Å². The van der Waals surface area contributed by atoms with Gasteiger partial charge in [-0.15, -0.1) is 0 Å². The summed E-state index contributed by atoms with van der Waals surface area (Å²) < 4.78 is 6.24. The molecule has 4 rings (SSSR count). The van der Waals surface area contributed by atoms with E-state index in [4.69, 9.17) is 4.74 Å². The lowest BCUT2D eigenvalue weighted by molar-refractivity contribution is -0.240. The lowest BCUT2D eigenvalue weighted by atomic mass is 9.34. The molecule has 36 heavy (non-hydrogen) atoms. The van der Waals surface area contributed by atoms with E-state index < -0.39 is 29.5 Å². The molecule has 3 fully saturated rings. The molecule has 0 aromatic carbocycles. The molecular formula is C31H48O5. The van der Waals surface area contributed by atoms with Gasteiger partial charge in [0.15, 0.2) is 5.78 Å². The van der Waals surface area contributed by atoms with Gasteiger partial charge in [0.05, 0.1) is 18.4 Å². The fraction of sp³-hybridized carbons (Fsp3) is 0.839.